The van der Waals surface area contributed by atoms with E-state index < -0.39 is 0 Å². The molecule has 0 spiro atoms. The number of hydrogen-bond acceptors (Lipinski definition) is 2. The highest BCUT2D eigenvalue weighted by Crippen LogP contribution is 2.24. The first-order chi connectivity index (χ1) is 9.12. The molecule has 1 aliphatic rings. The molecule has 1 aromatic rings. The van der Waals surface area contributed by atoms with E-state index in [-0.39, 0.29) is 5.41 Å². The minimum atomic E-state index is 0.0936. The van der Waals surface area contributed by atoms with Gasteiger partial charge in [0.1, 0.15) is 0 Å². The van der Waals surface area contributed by atoms with E-state index in [1.165, 1.54) is 36.9 Å². The van der Waals surface area contributed by atoms with E-state index in [4.69, 9.17) is 4.74 Å². The van der Waals surface area contributed by atoms with Gasteiger partial charge in [-0.2, -0.15) is 0 Å². The monoisotopic (exact) mass is 261 g/mol. The molecule has 19 heavy (non-hydrogen) atoms. The summed E-state index contributed by atoms with van der Waals surface area (Å²) >= 11 is 0. The molecular weight excluding hydrogens is 234 g/mol. The second-order valence-electron chi connectivity index (χ2n) is 6.36. The Labute approximate surface area is 117 Å². The van der Waals surface area contributed by atoms with Gasteiger partial charge in [0.05, 0.1) is 6.61 Å². The summed E-state index contributed by atoms with van der Waals surface area (Å²) < 4.78 is 5.30. The van der Waals surface area contributed by atoms with E-state index in [1.807, 2.05) is 0 Å². The summed E-state index contributed by atoms with van der Waals surface area (Å²) in [6.45, 7) is 6.41. The molecule has 1 aliphatic heterocycles. The van der Waals surface area contributed by atoms with Crippen LogP contribution >= 0.6 is 0 Å². The lowest BCUT2D eigenvalue weighted by Gasteiger charge is -2.26. The average molecular weight is 261 g/mol. The molecule has 1 unspecified atom stereocenters. The molecule has 1 saturated heterocycles. The Morgan fingerprint density at radius 1 is 1.21 bits per heavy atom. The average Bonchev–Trinajstić information content (AvgIpc) is 2.40. The van der Waals surface area contributed by atoms with Crippen LogP contribution in [-0.4, -0.2) is 26.3 Å². The van der Waals surface area contributed by atoms with Crippen LogP contribution in [0.3, 0.4) is 0 Å². The van der Waals surface area contributed by atoms with Crippen LogP contribution in [0.2, 0.25) is 0 Å². The van der Waals surface area contributed by atoms with Crippen LogP contribution in [0.4, 0.5) is 0 Å². The van der Waals surface area contributed by atoms with Crippen molar-refractivity contribution in [1.29, 1.82) is 0 Å². The van der Waals surface area contributed by atoms with Crippen LogP contribution in [0.15, 0.2) is 24.3 Å². The summed E-state index contributed by atoms with van der Waals surface area (Å²) in [5.41, 5.74) is 2.89. The Balaban J connectivity index is 1.97. The van der Waals surface area contributed by atoms with Crippen LogP contribution in [-0.2, 0) is 16.6 Å². The van der Waals surface area contributed by atoms with E-state index >= 15 is 0 Å². The normalized spacial score (nSPS) is 20.5. The van der Waals surface area contributed by atoms with Crippen LogP contribution in [0.25, 0.3) is 0 Å². The first kappa shape index (κ1) is 14.5. The second-order valence-corrected chi connectivity index (χ2v) is 6.36. The lowest BCUT2D eigenvalue weighted by molar-refractivity contribution is 0.146. The Morgan fingerprint density at radius 3 is 2.53 bits per heavy atom. The van der Waals surface area contributed by atoms with Gasteiger partial charge in [-0.25, -0.2) is 0 Å². The number of hydrogen-bond donors (Lipinski definition) is 1. The largest absolute Gasteiger partial charge is 0.384 e. The molecule has 2 rings (SSSR count). The number of nitrogens with one attached hydrogen (secondary N) is 1. The first-order valence-electron chi connectivity index (χ1n) is 7.43. The summed E-state index contributed by atoms with van der Waals surface area (Å²) in [7, 11) is 1.77. The molecule has 1 aromatic carbocycles. The predicted octanol–water partition coefficient (Wildman–Crippen LogP) is 3.30. The number of rotatable bonds is 5. The zero-order chi connectivity index (χ0) is 13.7. The third-order valence-electron chi connectivity index (χ3n) is 4.14. The number of benzene rings is 1. The Morgan fingerprint density at radius 2 is 1.95 bits per heavy atom. The molecule has 0 saturated carbocycles. The standard InChI is InChI=1S/C17H27NO/c1-17(2,13-19-3)15-9-7-14(8-10-15)12-16-6-4-5-11-18-16/h7-10,16,18H,4-6,11-13H2,1-3H3. The molecule has 1 fully saturated rings. The van der Waals surface area contributed by atoms with E-state index in [1.54, 1.807) is 7.11 Å². The van der Waals surface area contributed by atoms with Gasteiger partial charge in [0.25, 0.3) is 0 Å². The van der Waals surface area contributed by atoms with E-state index in [2.05, 4.69) is 43.4 Å². The number of ether oxygens (including phenoxy) is 1. The van der Waals surface area contributed by atoms with Gasteiger partial charge in [0.2, 0.25) is 0 Å². The molecule has 2 heteroatoms. The Bertz CT molecular complexity index is 377. The summed E-state index contributed by atoms with van der Waals surface area (Å²) in [5.74, 6) is 0. The van der Waals surface area contributed by atoms with Gasteiger partial charge < -0.3 is 10.1 Å². The van der Waals surface area contributed by atoms with Crippen LogP contribution < -0.4 is 5.32 Å². The highest BCUT2D eigenvalue weighted by Gasteiger charge is 2.20. The molecule has 1 atom stereocenters. The number of piperidine rings is 1. The van der Waals surface area contributed by atoms with Crippen LogP contribution in [0.5, 0.6) is 0 Å². The smallest absolute Gasteiger partial charge is 0.0553 e. The third-order valence-corrected chi connectivity index (χ3v) is 4.14. The molecule has 0 radical (unpaired) electrons. The van der Waals surface area contributed by atoms with Gasteiger partial charge in [0.15, 0.2) is 0 Å². The Hall–Kier alpha value is -0.860. The van der Waals surface area contributed by atoms with Crippen molar-refractivity contribution in [2.24, 2.45) is 0 Å². The van der Waals surface area contributed by atoms with Gasteiger partial charge in [-0.3, -0.25) is 0 Å². The maximum atomic E-state index is 5.30. The molecule has 0 bridgehead atoms. The quantitative estimate of drug-likeness (QED) is 0.878. The molecule has 1 heterocycles. The maximum absolute atomic E-state index is 5.30. The van der Waals surface area contributed by atoms with Crippen molar-refractivity contribution in [3.05, 3.63) is 35.4 Å². The lowest BCUT2D eigenvalue weighted by atomic mass is 9.84. The third kappa shape index (κ3) is 4.05. The Kier molecular flexibility index (Phi) is 5.00. The zero-order valence-corrected chi connectivity index (χ0v) is 12.5. The maximum Gasteiger partial charge on any atom is 0.0553 e. The van der Waals surface area contributed by atoms with Crippen molar-refractivity contribution in [3.8, 4) is 0 Å². The van der Waals surface area contributed by atoms with Crippen LogP contribution in [0.1, 0.15) is 44.2 Å². The fourth-order valence-electron chi connectivity index (χ4n) is 2.92. The van der Waals surface area contributed by atoms with E-state index in [0.717, 1.165) is 13.0 Å². The fraction of sp³-hybridized carbons (Fsp3) is 0.647. The van der Waals surface area contributed by atoms with Crippen molar-refractivity contribution < 1.29 is 4.74 Å². The van der Waals surface area contributed by atoms with Crippen molar-refractivity contribution in [1.82, 2.24) is 5.32 Å². The van der Waals surface area contributed by atoms with Crippen molar-refractivity contribution in [3.63, 3.8) is 0 Å². The van der Waals surface area contributed by atoms with E-state index in [9.17, 15) is 0 Å². The van der Waals surface area contributed by atoms with Gasteiger partial charge in [0, 0.05) is 18.6 Å². The molecule has 106 valence electrons. The summed E-state index contributed by atoms with van der Waals surface area (Å²) in [6, 6.07) is 9.76. The minimum Gasteiger partial charge on any atom is -0.384 e. The van der Waals surface area contributed by atoms with Gasteiger partial charge in [-0.1, -0.05) is 44.5 Å². The SMILES string of the molecule is COCC(C)(C)c1ccc(CC2CCCCN2)cc1. The predicted molar refractivity (Wildman–Crippen MR) is 80.7 cm³/mol. The number of methoxy groups -OCH3 is 1. The first-order valence-corrected chi connectivity index (χ1v) is 7.43. The summed E-state index contributed by atoms with van der Waals surface area (Å²) in [6.07, 6.45) is 5.18. The minimum absolute atomic E-state index is 0.0936. The van der Waals surface area contributed by atoms with Gasteiger partial charge >= 0.3 is 0 Å². The topological polar surface area (TPSA) is 21.3 Å². The van der Waals surface area contributed by atoms with Crippen LogP contribution in [0, 0.1) is 0 Å². The van der Waals surface area contributed by atoms with E-state index in [0.29, 0.717) is 6.04 Å². The van der Waals surface area contributed by atoms with Gasteiger partial charge in [-0.05, 0) is 36.9 Å². The van der Waals surface area contributed by atoms with Crippen molar-refractivity contribution in [2.45, 2.75) is 51.0 Å². The van der Waals surface area contributed by atoms with Gasteiger partial charge in [-0.15, -0.1) is 0 Å². The zero-order valence-electron chi connectivity index (χ0n) is 12.5. The van der Waals surface area contributed by atoms with Crippen molar-refractivity contribution in [2.75, 3.05) is 20.3 Å². The molecular formula is C17H27NO. The fourth-order valence-corrected chi connectivity index (χ4v) is 2.92. The highest BCUT2D eigenvalue weighted by atomic mass is 16.5. The highest BCUT2D eigenvalue weighted by molar-refractivity contribution is 5.28. The molecule has 2 nitrogen and oxygen atoms in total. The molecule has 0 aromatic heterocycles. The molecule has 0 aliphatic carbocycles. The second kappa shape index (κ2) is 6.53. The summed E-state index contributed by atoms with van der Waals surface area (Å²) in [4.78, 5) is 0. The lowest BCUT2D eigenvalue weighted by Crippen LogP contribution is -2.35. The van der Waals surface area contributed by atoms with Crippen molar-refractivity contribution >= 4 is 0 Å². The summed E-state index contributed by atoms with van der Waals surface area (Å²) in [5, 5.41) is 3.61. The molecule has 0 amide bonds. The molecule has 1 N–H and O–H groups in total.